The number of H-pyrrole nitrogens is 1. The predicted molar refractivity (Wildman–Crippen MR) is 73.3 cm³/mol. The Labute approximate surface area is 115 Å². The van der Waals surface area contributed by atoms with E-state index in [0.717, 1.165) is 0 Å². The van der Waals surface area contributed by atoms with Crippen molar-refractivity contribution in [2.45, 2.75) is 13.3 Å². The van der Waals surface area contributed by atoms with Crippen molar-refractivity contribution in [2.75, 3.05) is 18.2 Å². The molecule has 1 heterocycles. The quantitative estimate of drug-likeness (QED) is 0.797. The van der Waals surface area contributed by atoms with Gasteiger partial charge in [0.05, 0.1) is 18.5 Å². The first kappa shape index (κ1) is 13.9. The molecule has 0 atom stereocenters. The minimum atomic E-state index is -0.561. The lowest BCUT2D eigenvalue weighted by Crippen LogP contribution is -2.14. The molecule has 0 saturated heterocycles. The minimum absolute atomic E-state index is 0.0954. The van der Waals surface area contributed by atoms with Crippen molar-refractivity contribution in [1.29, 1.82) is 0 Å². The van der Waals surface area contributed by atoms with Gasteiger partial charge in [-0.1, -0.05) is 6.92 Å². The molecule has 0 radical (unpaired) electrons. The molecule has 2 rings (SSSR count). The number of nitrogen functional groups attached to an aromatic ring is 1. The zero-order chi connectivity index (χ0) is 14.7. The zero-order valence-electron chi connectivity index (χ0n) is 11.2. The van der Waals surface area contributed by atoms with Crippen molar-refractivity contribution in [1.82, 2.24) is 10.2 Å². The molecule has 2 aromatic rings. The first-order chi connectivity index (χ1) is 9.56. The summed E-state index contributed by atoms with van der Waals surface area (Å²) in [6.07, 6.45) is 0.642. The second-order valence-corrected chi connectivity index (χ2v) is 4.12. The fourth-order valence-electron chi connectivity index (χ4n) is 1.76. The van der Waals surface area contributed by atoms with E-state index < -0.39 is 11.7 Å². The number of aryl methyl sites for hydroxylation is 1. The molecule has 0 aliphatic heterocycles. The Morgan fingerprint density at radius 2 is 2.30 bits per heavy atom. The molecular weight excluding hydrogens is 263 g/mol. The van der Waals surface area contributed by atoms with Crippen molar-refractivity contribution in [3.63, 3.8) is 0 Å². The Bertz CT molecular complexity index is 639. The van der Waals surface area contributed by atoms with Gasteiger partial charge in [-0.3, -0.25) is 9.89 Å². The highest BCUT2D eigenvalue weighted by Gasteiger charge is 2.17. The van der Waals surface area contributed by atoms with Gasteiger partial charge in [0.15, 0.2) is 17.3 Å². The van der Waals surface area contributed by atoms with Gasteiger partial charge in [0.25, 0.3) is 5.91 Å². The SMILES string of the molecule is CCc1[nH]nc(C(=O)Nc2ccc(OC)c(F)c2)c1N. The van der Waals surface area contributed by atoms with Crippen molar-refractivity contribution in [3.8, 4) is 5.75 Å². The number of benzene rings is 1. The van der Waals surface area contributed by atoms with E-state index in [9.17, 15) is 9.18 Å². The van der Waals surface area contributed by atoms with E-state index >= 15 is 0 Å². The Kier molecular flexibility index (Phi) is 3.88. The average Bonchev–Trinajstić information content (AvgIpc) is 2.80. The third-order valence-electron chi connectivity index (χ3n) is 2.86. The molecule has 1 aromatic heterocycles. The maximum atomic E-state index is 13.5. The van der Waals surface area contributed by atoms with E-state index in [1.807, 2.05) is 6.92 Å². The average molecular weight is 278 g/mol. The van der Waals surface area contributed by atoms with Gasteiger partial charge in [0.2, 0.25) is 0 Å². The Morgan fingerprint density at radius 3 is 2.85 bits per heavy atom. The van der Waals surface area contributed by atoms with Crippen LogP contribution in [0.2, 0.25) is 0 Å². The van der Waals surface area contributed by atoms with Crippen LogP contribution in [0.25, 0.3) is 0 Å². The van der Waals surface area contributed by atoms with Crippen LogP contribution in [0.3, 0.4) is 0 Å². The predicted octanol–water partition coefficient (Wildman–Crippen LogP) is 1.95. The lowest BCUT2D eigenvalue weighted by Gasteiger charge is -2.06. The number of aromatic nitrogens is 2. The van der Waals surface area contributed by atoms with Crippen LogP contribution in [-0.2, 0) is 6.42 Å². The number of hydrogen-bond donors (Lipinski definition) is 3. The molecule has 4 N–H and O–H groups in total. The zero-order valence-corrected chi connectivity index (χ0v) is 11.2. The Morgan fingerprint density at radius 1 is 1.55 bits per heavy atom. The molecule has 1 aromatic carbocycles. The van der Waals surface area contributed by atoms with E-state index in [1.165, 1.54) is 25.3 Å². The van der Waals surface area contributed by atoms with Crippen molar-refractivity contribution in [2.24, 2.45) is 0 Å². The fourth-order valence-corrected chi connectivity index (χ4v) is 1.76. The summed E-state index contributed by atoms with van der Waals surface area (Å²) in [5.74, 6) is -0.951. The van der Waals surface area contributed by atoms with Crippen LogP contribution in [0.5, 0.6) is 5.75 Å². The maximum absolute atomic E-state index is 13.5. The normalized spacial score (nSPS) is 10.3. The first-order valence-corrected chi connectivity index (χ1v) is 6.04. The van der Waals surface area contributed by atoms with Crippen LogP contribution in [0.15, 0.2) is 18.2 Å². The third kappa shape index (κ3) is 2.56. The number of anilines is 2. The van der Waals surface area contributed by atoms with Crippen LogP contribution in [0, 0.1) is 5.82 Å². The molecular formula is C13H15FN4O2. The van der Waals surface area contributed by atoms with Crippen LogP contribution < -0.4 is 15.8 Å². The van der Waals surface area contributed by atoms with Gasteiger partial charge in [0.1, 0.15) is 0 Å². The number of rotatable bonds is 4. The van der Waals surface area contributed by atoms with Gasteiger partial charge >= 0.3 is 0 Å². The van der Waals surface area contributed by atoms with E-state index in [-0.39, 0.29) is 11.4 Å². The number of halogens is 1. The molecule has 0 spiro atoms. The summed E-state index contributed by atoms with van der Waals surface area (Å²) in [6.45, 7) is 1.89. The summed E-state index contributed by atoms with van der Waals surface area (Å²) < 4.78 is 18.3. The maximum Gasteiger partial charge on any atom is 0.278 e. The Balaban J connectivity index is 2.19. The number of nitrogens with zero attached hydrogens (tertiary/aromatic N) is 1. The van der Waals surface area contributed by atoms with Gasteiger partial charge in [-0.2, -0.15) is 5.10 Å². The molecule has 7 heteroatoms. The number of nitrogens with one attached hydrogen (secondary N) is 2. The standard InChI is InChI=1S/C13H15FN4O2/c1-3-9-11(15)12(18-17-9)13(19)16-7-4-5-10(20-2)8(14)6-7/h4-6H,3,15H2,1-2H3,(H,16,19)(H,17,18). The number of carbonyl (C=O) groups excluding carboxylic acids is 1. The first-order valence-electron chi connectivity index (χ1n) is 6.04. The van der Waals surface area contributed by atoms with E-state index in [0.29, 0.717) is 23.5 Å². The number of ether oxygens (including phenoxy) is 1. The summed E-state index contributed by atoms with van der Waals surface area (Å²) >= 11 is 0. The van der Waals surface area contributed by atoms with Crippen molar-refractivity contribution in [3.05, 3.63) is 35.4 Å². The smallest absolute Gasteiger partial charge is 0.278 e. The number of hydrogen-bond acceptors (Lipinski definition) is 4. The van der Waals surface area contributed by atoms with Crippen LogP contribution in [-0.4, -0.2) is 23.2 Å². The van der Waals surface area contributed by atoms with Crippen LogP contribution in [0.4, 0.5) is 15.8 Å². The molecule has 0 fully saturated rings. The largest absolute Gasteiger partial charge is 0.494 e. The van der Waals surface area contributed by atoms with Crippen molar-refractivity contribution < 1.29 is 13.9 Å². The van der Waals surface area contributed by atoms with Crippen molar-refractivity contribution >= 4 is 17.3 Å². The monoisotopic (exact) mass is 278 g/mol. The number of amides is 1. The lowest BCUT2D eigenvalue weighted by molar-refractivity contribution is 0.102. The molecule has 6 nitrogen and oxygen atoms in total. The third-order valence-corrected chi connectivity index (χ3v) is 2.86. The lowest BCUT2D eigenvalue weighted by atomic mass is 10.2. The van der Waals surface area contributed by atoms with E-state index in [1.54, 1.807) is 0 Å². The molecule has 0 bridgehead atoms. The molecule has 0 saturated carbocycles. The fraction of sp³-hybridized carbons (Fsp3) is 0.231. The number of nitrogens with two attached hydrogens (primary N) is 1. The molecule has 1 amide bonds. The highest BCUT2D eigenvalue weighted by atomic mass is 19.1. The van der Waals surface area contributed by atoms with Gasteiger partial charge in [-0.25, -0.2) is 4.39 Å². The highest BCUT2D eigenvalue weighted by molar-refractivity contribution is 6.06. The highest BCUT2D eigenvalue weighted by Crippen LogP contribution is 2.22. The van der Waals surface area contributed by atoms with Gasteiger partial charge in [-0.15, -0.1) is 0 Å². The molecule has 0 aliphatic rings. The molecule has 20 heavy (non-hydrogen) atoms. The van der Waals surface area contributed by atoms with E-state index in [4.69, 9.17) is 10.5 Å². The Hall–Kier alpha value is -2.57. The minimum Gasteiger partial charge on any atom is -0.494 e. The summed E-state index contributed by atoms with van der Waals surface area (Å²) in [5.41, 5.74) is 7.19. The second kappa shape index (κ2) is 5.60. The molecule has 106 valence electrons. The number of carbonyl (C=O) groups is 1. The number of aromatic amines is 1. The van der Waals surface area contributed by atoms with Crippen LogP contribution >= 0.6 is 0 Å². The topological polar surface area (TPSA) is 93.0 Å². The van der Waals surface area contributed by atoms with Gasteiger partial charge < -0.3 is 15.8 Å². The second-order valence-electron chi connectivity index (χ2n) is 4.12. The molecule has 0 aliphatic carbocycles. The number of methoxy groups -OCH3 is 1. The molecule has 0 unspecified atom stereocenters. The van der Waals surface area contributed by atoms with Crippen LogP contribution in [0.1, 0.15) is 23.1 Å². The summed E-state index contributed by atoms with van der Waals surface area (Å²) in [6, 6.07) is 4.13. The summed E-state index contributed by atoms with van der Waals surface area (Å²) in [4.78, 5) is 12.0. The summed E-state index contributed by atoms with van der Waals surface area (Å²) in [5, 5.41) is 9.08. The van der Waals surface area contributed by atoms with Gasteiger partial charge in [-0.05, 0) is 18.6 Å². The van der Waals surface area contributed by atoms with E-state index in [2.05, 4.69) is 15.5 Å². The van der Waals surface area contributed by atoms with Gasteiger partial charge in [0, 0.05) is 11.8 Å². The summed E-state index contributed by atoms with van der Waals surface area (Å²) in [7, 11) is 1.37.